The quantitative estimate of drug-likeness (QED) is 0.0220. The maximum absolute atomic E-state index is 15.0. The molecule has 119 heavy (non-hydrogen) atoms. The van der Waals surface area contributed by atoms with Gasteiger partial charge in [0.15, 0.2) is 0 Å². The van der Waals surface area contributed by atoms with Gasteiger partial charge in [-0.2, -0.15) is 11.8 Å². The summed E-state index contributed by atoms with van der Waals surface area (Å²) in [5, 5.41) is 57.2. The van der Waals surface area contributed by atoms with Crippen LogP contribution in [0.5, 0.6) is 5.75 Å². The minimum Gasteiger partial charge on any atom is -0.508 e. The summed E-state index contributed by atoms with van der Waals surface area (Å²) in [6, 6.07) is 3.09. The summed E-state index contributed by atoms with van der Waals surface area (Å²) >= 11 is 1.33. The Kier molecular flexibility index (Phi) is 34.2. The molecular formula is C80H107N19O19S. The van der Waals surface area contributed by atoms with Crippen molar-refractivity contribution in [3.8, 4) is 5.75 Å². The molecule has 642 valence electrons. The number of benzene rings is 3. The van der Waals surface area contributed by atoms with Gasteiger partial charge < -0.3 is 110 Å². The topological polar surface area (TPSA) is 599 Å². The molecule has 3 aromatic carbocycles. The van der Waals surface area contributed by atoms with Crippen LogP contribution in [0.4, 0.5) is 0 Å². The molecule has 3 aromatic heterocycles. The van der Waals surface area contributed by atoms with E-state index in [1.165, 1.54) is 53.5 Å². The van der Waals surface area contributed by atoms with E-state index in [0.29, 0.717) is 33.5 Å². The maximum atomic E-state index is 15.0. The summed E-state index contributed by atoms with van der Waals surface area (Å²) < 4.78 is 0. The van der Waals surface area contributed by atoms with E-state index >= 15 is 4.79 Å². The number of aromatic hydroxyl groups is 1. The Balaban J connectivity index is 0.916. The predicted molar refractivity (Wildman–Crippen MR) is 435 cm³/mol. The molecule has 0 saturated carbocycles. The molecule has 2 saturated heterocycles. The Morgan fingerprint density at radius 1 is 0.513 bits per heavy atom. The van der Waals surface area contributed by atoms with Gasteiger partial charge in [-0.05, 0) is 129 Å². The number of aromatic nitrogens is 4. The highest BCUT2D eigenvalue weighted by molar-refractivity contribution is 7.98. The summed E-state index contributed by atoms with van der Waals surface area (Å²) in [5.41, 5.74) is 21.3. The molecule has 2 aliphatic rings. The van der Waals surface area contributed by atoms with E-state index in [1.54, 1.807) is 52.4 Å². The van der Waals surface area contributed by atoms with Gasteiger partial charge in [-0.15, -0.1) is 0 Å². The molecule has 2 fully saturated rings. The van der Waals surface area contributed by atoms with Crippen LogP contribution in [0.1, 0.15) is 127 Å². The fourth-order valence-electron chi connectivity index (χ4n) is 14.4. The number of fused-ring (bicyclic) bond motifs is 2. The number of nitrogens with two attached hydrogens (primary N) is 3. The highest BCUT2D eigenvalue weighted by Gasteiger charge is 2.43. The van der Waals surface area contributed by atoms with E-state index < -0.39 is 206 Å². The number of para-hydroxylation sites is 2. The molecule has 39 heteroatoms. The van der Waals surface area contributed by atoms with Gasteiger partial charge >= 0.3 is 11.9 Å². The first-order valence-electron chi connectivity index (χ1n) is 39.4. The van der Waals surface area contributed by atoms with Crippen molar-refractivity contribution in [1.82, 2.24) is 82.9 Å². The molecule has 14 amide bonds. The lowest BCUT2D eigenvalue weighted by atomic mass is 9.99. The molecule has 0 spiro atoms. The lowest BCUT2D eigenvalue weighted by molar-refractivity contribution is -0.146. The zero-order chi connectivity index (χ0) is 86.7. The molecule has 6 aromatic rings. The standard InChI is InChI=1S/C80H107N19O19S/c1-42(2)30-57(93-74(111)58(34-46-38-86-53-15-9-7-13-50(46)53)94-75(112)59(35-47-39-84-41-88-47)92-69(106)51(81)33-45-37-85-52-14-8-6-12-49(45)52)73(110)90-55(23-25-66(83)102)71(108)95-60(31-43(3)4)78(115)98-27-10-16-63(98)76(113)87-40-67(103)89-54(22-24-65(82)101)70(107)96-61(36-68(104)105)79(116)99-28-11-17-64(99)77(114)91-56(26-29-119-5)72(109)97-62(80(117)118)32-44-18-20-48(100)21-19-44/h6-9,12-15,18-21,37-39,41-43,51,54-64,85-86,100H,10-11,16-17,22-36,40,81H2,1-5H3,(H2,82,101)(H2,83,102)(H,84,88)(H,87,113)(H,89,103)(H,90,110)(H,91,114)(H,92,106)(H,93,111)(H,94,112)(H,95,108)(H,96,107)(H,97,109)(H,104,105)(H,117,118)/t51-,54-,55-,56-,57-,58-,59-,60-,61-,62-,63-,64-/m0/s1. The molecule has 2 aliphatic heterocycles. The van der Waals surface area contributed by atoms with Crippen molar-refractivity contribution in [2.45, 2.75) is 203 Å². The number of rotatable bonds is 46. The molecule has 0 aliphatic carbocycles. The fourth-order valence-corrected chi connectivity index (χ4v) is 14.8. The van der Waals surface area contributed by atoms with Gasteiger partial charge in [0.25, 0.3) is 0 Å². The second kappa shape index (κ2) is 44.2. The van der Waals surface area contributed by atoms with Crippen molar-refractivity contribution < 1.29 is 92.0 Å². The number of H-pyrrole nitrogens is 3. The van der Waals surface area contributed by atoms with Gasteiger partial charge in [0.1, 0.15) is 72.2 Å². The van der Waals surface area contributed by atoms with Gasteiger partial charge in [0, 0.05) is 85.6 Å². The number of carbonyl (C=O) groups is 16. The van der Waals surface area contributed by atoms with Crippen molar-refractivity contribution in [1.29, 1.82) is 0 Å². The molecule has 0 radical (unpaired) electrons. The van der Waals surface area contributed by atoms with Crippen molar-refractivity contribution >= 4 is 128 Å². The Bertz CT molecular complexity index is 4610. The number of imidazole rings is 1. The lowest BCUT2D eigenvalue weighted by Gasteiger charge is -2.31. The minimum atomic E-state index is -1.89. The van der Waals surface area contributed by atoms with Crippen LogP contribution in [-0.2, 0) is 102 Å². The van der Waals surface area contributed by atoms with Gasteiger partial charge in [0.2, 0.25) is 82.7 Å². The Labute approximate surface area is 689 Å². The lowest BCUT2D eigenvalue weighted by Crippen LogP contribution is -2.60. The average Bonchev–Trinajstić information content (AvgIpc) is 1.73. The van der Waals surface area contributed by atoms with Crippen LogP contribution in [0, 0.1) is 11.8 Å². The van der Waals surface area contributed by atoms with Gasteiger partial charge in [-0.25, -0.2) is 9.78 Å². The molecule has 8 rings (SSSR count). The zero-order valence-corrected chi connectivity index (χ0v) is 67.6. The number of hydrogen-bond acceptors (Lipinski definition) is 20. The average molecular weight is 1670 g/mol. The van der Waals surface area contributed by atoms with E-state index in [4.69, 9.17) is 17.2 Å². The number of aromatic amines is 3. The molecule has 0 bridgehead atoms. The van der Waals surface area contributed by atoms with Crippen LogP contribution < -0.4 is 70.4 Å². The third-order valence-corrected chi connectivity index (χ3v) is 21.1. The first kappa shape index (κ1) is 92.1. The monoisotopic (exact) mass is 1670 g/mol. The molecule has 38 nitrogen and oxygen atoms in total. The molecule has 12 atom stereocenters. The molecule has 22 N–H and O–H groups in total. The number of phenols is 1. The van der Waals surface area contributed by atoms with E-state index in [9.17, 15) is 87.2 Å². The fraction of sp³-hybridized carbons (Fsp3) is 0.487. The SMILES string of the molecule is CSCC[C@H](NC(=O)[C@@H]1CCCN1C(=O)[C@H](CC(=O)O)NC(=O)[C@H](CCC(N)=O)NC(=O)CNC(=O)[C@@H]1CCCN1C(=O)[C@H](CC(C)C)NC(=O)[C@H](CCC(N)=O)NC(=O)[C@H](CC(C)C)NC(=O)[C@H](Cc1c[nH]c2ccccc12)NC(=O)[C@H](Cc1c[nH]cn1)NC(=O)[C@@H](N)Cc1c[nH]c2ccccc12)C(=O)N[C@@H](Cc1ccc(O)cc1)C(=O)O. The number of primary amides is 2. The number of carbonyl (C=O) groups excluding carboxylic acids is 14. The molecule has 0 unspecified atom stereocenters. The van der Waals surface area contributed by atoms with Gasteiger partial charge in [-0.1, -0.05) is 76.2 Å². The van der Waals surface area contributed by atoms with E-state index in [1.807, 2.05) is 42.5 Å². The first-order valence-corrected chi connectivity index (χ1v) is 40.8. The van der Waals surface area contributed by atoms with Gasteiger partial charge in [0.05, 0.1) is 31.0 Å². The number of amides is 14. The third-order valence-electron chi connectivity index (χ3n) is 20.4. The number of carboxylic acids is 2. The normalized spacial score (nSPS) is 16.4. The largest absolute Gasteiger partial charge is 0.508 e. The number of aliphatic carboxylic acids is 2. The van der Waals surface area contributed by atoms with Crippen LogP contribution in [0.15, 0.2) is 97.7 Å². The van der Waals surface area contributed by atoms with E-state index in [2.05, 4.69) is 73.1 Å². The number of carboxylic acid groups (broad SMARTS) is 2. The number of likely N-dealkylation sites (tertiary alicyclic amines) is 2. The van der Waals surface area contributed by atoms with Crippen molar-refractivity contribution in [2.75, 3.05) is 31.6 Å². The number of hydrogen-bond donors (Lipinski definition) is 19. The first-order chi connectivity index (χ1) is 56.7. The summed E-state index contributed by atoms with van der Waals surface area (Å²) in [5.74, 6) is -15.8. The van der Waals surface area contributed by atoms with Crippen LogP contribution in [0.3, 0.4) is 0 Å². The van der Waals surface area contributed by atoms with Crippen LogP contribution >= 0.6 is 11.8 Å². The second-order valence-corrected chi connectivity index (χ2v) is 31.5. The highest BCUT2D eigenvalue weighted by Crippen LogP contribution is 2.26. The van der Waals surface area contributed by atoms with Crippen molar-refractivity contribution in [2.24, 2.45) is 29.0 Å². The van der Waals surface area contributed by atoms with Crippen molar-refractivity contribution in [3.63, 3.8) is 0 Å². The van der Waals surface area contributed by atoms with Crippen molar-refractivity contribution in [3.05, 3.63) is 120 Å². The maximum Gasteiger partial charge on any atom is 0.326 e. The highest BCUT2D eigenvalue weighted by atomic mass is 32.2. The number of phenolic OH excluding ortho intramolecular Hbond substituents is 1. The predicted octanol–water partition coefficient (Wildman–Crippen LogP) is -0.927. The second-order valence-electron chi connectivity index (χ2n) is 30.6. The summed E-state index contributed by atoms with van der Waals surface area (Å²) in [6.07, 6.45) is 5.30. The third kappa shape index (κ3) is 27.3. The Morgan fingerprint density at radius 3 is 1.51 bits per heavy atom. The number of nitrogens with one attached hydrogen (secondary N) is 13. The van der Waals surface area contributed by atoms with Crippen LogP contribution in [0.25, 0.3) is 21.8 Å². The van der Waals surface area contributed by atoms with Gasteiger partial charge in [-0.3, -0.25) is 71.9 Å². The summed E-state index contributed by atoms with van der Waals surface area (Å²) in [6.45, 7) is 6.06. The van der Waals surface area contributed by atoms with E-state index in [-0.39, 0.29) is 101 Å². The number of nitrogens with zero attached hydrogens (tertiary/aromatic N) is 3. The van der Waals surface area contributed by atoms with E-state index in [0.717, 1.165) is 21.4 Å². The van der Waals surface area contributed by atoms with Crippen LogP contribution in [0.2, 0.25) is 0 Å². The van der Waals surface area contributed by atoms with Crippen LogP contribution in [-0.4, -0.2) is 244 Å². The minimum absolute atomic E-state index is 0.0169. The summed E-state index contributed by atoms with van der Waals surface area (Å²) in [4.78, 5) is 237. The Morgan fingerprint density at radius 2 is 0.975 bits per heavy atom. The molecular weight excluding hydrogens is 1560 g/mol. The number of thioether (sulfide) groups is 1. The zero-order valence-electron chi connectivity index (χ0n) is 66.8. The summed E-state index contributed by atoms with van der Waals surface area (Å²) in [7, 11) is 0. The smallest absolute Gasteiger partial charge is 0.326 e. The Hall–Kier alpha value is -12.4. The molecule has 5 heterocycles.